The first-order valence-corrected chi connectivity index (χ1v) is 7.63. The topological polar surface area (TPSA) is 58.4 Å². The van der Waals surface area contributed by atoms with Gasteiger partial charge in [-0.3, -0.25) is 4.79 Å². The van der Waals surface area contributed by atoms with E-state index < -0.39 is 0 Å². The van der Waals surface area contributed by atoms with Crippen LogP contribution in [0.2, 0.25) is 0 Å². The summed E-state index contributed by atoms with van der Waals surface area (Å²) in [5.74, 6) is 0.449. The van der Waals surface area contributed by atoms with Crippen molar-refractivity contribution >= 4 is 11.6 Å². The first-order chi connectivity index (χ1) is 10.6. The number of anilines is 1. The molecule has 1 aliphatic heterocycles. The van der Waals surface area contributed by atoms with Crippen molar-refractivity contribution in [3.63, 3.8) is 0 Å². The molecule has 2 heterocycles. The Kier molecular flexibility index (Phi) is 3.88. The van der Waals surface area contributed by atoms with Gasteiger partial charge in [-0.1, -0.05) is 23.4 Å². The molecule has 1 N–H and O–H groups in total. The highest BCUT2D eigenvalue weighted by Gasteiger charge is 2.24. The second-order valence-corrected chi connectivity index (χ2v) is 5.83. The highest BCUT2D eigenvalue weighted by atomic mass is 16.5. The standard InChI is InChI=1S/C17H21N3O2/c1-11(20-9-8-14-6-4-5-7-15(14)20)10-18-17(21)16-12(2)19-22-13(16)3/h4-7,11H,8-10H2,1-3H3,(H,18,21)/t11-/m1/s1. The maximum absolute atomic E-state index is 12.3. The largest absolute Gasteiger partial charge is 0.366 e. The van der Waals surface area contributed by atoms with Gasteiger partial charge in [0.25, 0.3) is 5.91 Å². The summed E-state index contributed by atoms with van der Waals surface area (Å²) in [6.45, 7) is 7.27. The SMILES string of the molecule is Cc1noc(C)c1C(=O)NC[C@@H](C)N1CCc2ccccc21. The average molecular weight is 299 g/mol. The molecule has 0 saturated heterocycles. The number of aromatic nitrogens is 1. The summed E-state index contributed by atoms with van der Waals surface area (Å²) in [6.07, 6.45) is 1.07. The lowest BCUT2D eigenvalue weighted by Crippen LogP contribution is -2.41. The number of hydrogen-bond donors (Lipinski definition) is 1. The molecule has 0 fully saturated rings. The summed E-state index contributed by atoms with van der Waals surface area (Å²) in [5.41, 5.74) is 3.84. The van der Waals surface area contributed by atoms with Crippen molar-refractivity contribution in [2.24, 2.45) is 0 Å². The number of nitrogens with zero attached hydrogens (tertiary/aromatic N) is 2. The van der Waals surface area contributed by atoms with Gasteiger partial charge in [0.05, 0.1) is 5.69 Å². The molecular formula is C17H21N3O2. The van der Waals surface area contributed by atoms with E-state index in [1.807, 2.05) is 0 Å². The lowest BCUT2D eigenvalue weighted by molar-refractivity contribution is 0.0949. The predicted octanol–water partition coefficient (Wildman–Crippen LogP) is 2.47. The lowest BCUT2D eigenvalue weighted by Gasteiger charge is -2.27. The molecular weight excluding hydrogens is 278 g/mol. The number of para-hydroxylation sites is 1. The van der Waals surface area contributed by atoms with Crippen LogP contribution in [-0.4, -0.2) is 30.2 Å². The highest BCUT2D eigenvalue weighted by molar-refractivity contribution is 5.96. The van der Waals surface area contributed by atoms with Gasteiger partial charge < -0.3 is 14.7 Å². The van der Waals surface area contributed by atoms with Gasteiger partial charge in [0.15, 0.2) is 0 Å². The molecule has 22 heavy (non-hydrogen) atoms. The minimum Gasteiger partial charge on any atom is -0.366 e. The molecule has 0 bridgehead atoms. The third-order valence-electron chi connectivity index (χ3n) is 4.27. The Balaban J connectivity index is 1.64. The van der Waals surface area contributed by atoms with Gasteiger partial charge in [-0.15, -0.1) is 0 Å². The molecule has 116 valence electrons. The normalized spacial score (nSPS) is 14.8. The summed E-state index contributed by atoms with van der Waals surface area (Å²) < 4.78 is 5.05. The number of hydrogen-bond acceptors (Lipinski definition) is 4. The Labute approximate surface area is 130 Å². The number of carbonyl (C=O) groups excluding carboxylic acids is 1. The van der Waals surface area contributed by atoms with E-state index in [2.05, 4.69) is 46.6 Å². The molecule has 0 radical (unpaired) electrons. The minimum atomic E-state index is -0.115. The second kappa shape index (κ2) is 5.83. The number of amides is 1. The summed E-state index contributed by atoms with van der Waals surface area (Å²) in [6, 6.07) is 8.70. The van der Waals surface area contributed by atoms with Crippen LogP contribution in [0.1, 0.15) is 34.3 Å². The quantitative estimate of drug-likeness (QED) is 0.942. The Morgan fingerprint density at radius 3 is 2.91 bits per heavy atom. The highest BCUT2D eigenvalue weighted by Crippen LogP contribution is 2.28. The van der Waals surface area contributed by atoms with Crippen molar-refractivity contribution in [1.82, 2.24) is 10.5 Å². The lowest BCUT2D eigenvalue weighted by atomic mass is 10.1. The number of carbonyl (C=O) groups is 1. The van der Waals surface area contributed by atoms with Crippen molar-refractivity contribution in [2.75, 3.05) is 18.0 Å². The van der Waals surface area contributed by atoms with Crippen molar-refractivity contribution in [1.29, 1.82) is 0 Å². The van der Waals surface area contributed by atoms with Crippen molar-refractivity contribution in [3.05, 3.63) is 46.8 Å². The van der Waals surface area contributed by atoms with E-state index in [1.165, 1.54) is 11.3 Å². The average Bonchev–Trinajstić information content (AvgIpc) is 3.08. The maximum Gasteiger partial charge on any atom is 0.256 e. The zero-order chi connectivity index (χ0) is 15.7. The zero-order valence-corrected chi connectivity index (χ0v) is 13.2. The number of nitrogens with one attached hydrogen (secondary N) is 1. The van der Waals surface area contributed by atoms with E-state index in [-0.39, 0.29) is 11.9 Å². The van der Waals surface area contributed by atoms with Crippen LogP contribution in [0, 0.1) is 13.8 Å². The molecule has 3 rings (SSSR count). The first kappa shape index (κ1) is 14.6. The van der Waals surface area contributed by atoms with Gasteiger partial charge in [-0.05, 0) is 38.8 Å². The Bertz CT molecular complexity index is 673. The molecule has 0 saturated carbocycles. The molecule has 0 spiro atoms. The summed E-state index contributed by atoms with van der Waals surface area (Å²) in [7, 11) is 0. The summed E-state index contributed by atoms with van der Waals surface area (Å²) in [5, 5.41) is 6.82. The minimum absolute atomic E-state index is 0.115. The number of benzene rings is 1. The molecule has 5 heteroatoms. The van der Waals surface area contributed by atoms with Crippen molar-refractivity contribution < 1.29 is 9.32 Å². The molecule has 1 aromatic carbocycles. The predicted molar refractivity (Wildman–Crippen MR) is 85.3 cm³/mol. The third kappa shape index (κ3) is 2.58. The fourth-order valence-electron chi connectivity index (χ4n) is 3.07. The van der Waals surface area contributed by atoms with Crippen LogP contribution in [0.25, 0.3) is 0 Å². The Hall–Kier alpha value is -2.30. The smallest absolute Gasteiger partial charge is 0.256 e. The number of fused-ring (bicyclic) bond motifs is 1. The summed E-state index contributed by atoms with van der Waals surface area (Å²) >= 11 is 0. The van der Waals surface area contributed by atoms with Crippen LogP contribution in [-0.2, 0) is 6.42 Å². The monoisotopic (exact) mass is 299 g/mol. The number of aryl methyl sites for hydroxylation is 2. The zero-order valence-electron chi connectivity index (χ0n) is 13.2. The van der Waals surface area contributed by atoms with Gasteiger partial charge in [0.2, 0.25) is 0 Å². The molecule has 0 aliphatic carbocycles. The van der Waals surface area contributed by atoms with E-state index >= 15 is 0 Å². The van der Waals surface area contributed by atoms with E-state index in [1.54, 1.807) is 13.8 Å². The Morgan fingerprint density at radius 1 is 1.41 bits per heavy atom. The van der Waals surface area contributed by atoms with Gasteiger partial charge in [-0.25, -0.2) is 0 Å². The van der Waals surface area contributed by atoms with Crippen LogP contribution >= 0.6 is 0 Å². The van der Waals surface area contributed by atoms with Crippen LogP contribution in [0.15, 0.2) is 28.8 Å². The molecule has 2 aromatic rings. The van der Waals surface area contributed by atoms with Gasteiger partial charge in [0, 0.05) is 24.8 Å². The molecule has 1 aliphatic rings. The van der Waals surface area contributed by atoms with E-state index in [0.717, 1.165) is 13.0 Å². The van der Waals surface area contributed by atoms with Crippen LogP contribution in [0.3, 0.4) is 0 Å². The van der Waals surface area contributed by atoms with Gasteiger partial charge >= 0.3 is 0 Å². The van der Waals surface area contributed by atoms with Crippen LogP contribution in [0.5, 0.6) is 0 Å². The molecule has 0 unspecified atom stereocenters. The Morgan fingerprint density at radius 2 is 2.18 bits per heavy atom. The molecule has 1 amide bonds. The van der Waals surface area contributed by atoms with Gasteiger partial charge in [-0.2, -0.15) is 0 Å². The molecule has 5 nitrogen and oxygen atoms in total. The van der Waals surface area contributed by atoms with Crippen molar-refractivity contribution in [3.8, 4) is 0 Å². The maximum atomic E-state index is 12.3. The van der Waals surface area contributed by atoms with E-state index in [0.29, 0.717) is 23.6 Å². The van der Waals surface area contributed by atoms with E-state index in [4.69, 9.17) is 4.52 Å². The van der Waals surface area contributed by atoms with Gasteiger partial charge in [0.1, 0.15) is 11.3 Å². The molecule has 1 atom stereocenters. The fourth-order valence-corrected chi connectivity index (χ4v) is 3.07. The van der Waals surface area contributed by atoms with Crippen LogP contribution in [0.4, 0.5) is 5.69 Å². The van der Waals surface area contributed by atoms with Crippen LogP contribution < -0.4 is 10.2 Å². The second-order valence-electron chi connectivity index (χ2n) is 5.83. The fraction of sp³-hybridized carbons (Fsp3) is 0.412. The third-order valence-corrected chi connectivity index (χ3v) is 4.27. The molecule has 1 aromatic heterocycles. The number of rotatable bonds is 4. The summed E-state index contributed by atoms with van der Waals surface area (Å²) in [4.78, 5) is 14.6. The van der Waals surface area contributed by atoms with E-state index in [9.17, 15) is 4.79 Å². The first-order valence-electron chi connectivity index (χ1n) is 7.63. The van der Waals surface area contributed by atoms with Crippen molar-refractivity contribution in [2.45, 2.75) is 33.2 Å².